The third-order valence-corrected chi connectivity index (χ3v) is 7.45. The van der Waals surface area contributed by atoms with E-state index in [0.717, 1.165) is 30.6 Å². The van der Waals surface area contributed by atoms with E-state index in [1.54, 1.807) is 18.2 Å². The Morgan fingerprint density at radius 2 is 1.84 bits per heavy atom. The molecule has 1 fully saturated rings. The van der Waals surface area contributed by atoms with Crippen molar-refractivity contribution in [2.45, 2.75) is 24.2 Å². The highest BCUT2D eigenvalue weighted by atomic mass is 35.5. The van der Waals surface area contributed by atoms with Crippen LogP contribution in [0.3, 0.4) is 0 Å². The van der Waals surface area contributed by atoms with Crippen molar-refractivity contribution < 1.29 is 13.2 Å². The van der Waals surface area contributed by atoms with Crippen molar-refractivity contribution in [1.29, 1.82) is 0 Å². The van der Waals surface area contributed by atoms with Crippen LogP contribution in [0.25, 0.3) is 0 Å². The molecule has 1 aromatic carbocycles. The number of thiophene rings is 1. The summed E-state index contributed by atoms with van der Waals surface area (Å²) in [7, 11) is -3.55. The zero-order chi connectivity index (χ0) is 18.0. The van der Waals surface area contributed by atoms with Gasteiger partial charge in [-0.05, 0) is 37.1 Å². The summed E-state index contributed by atoms with van der Waals surface area (Å²) in [6.45, 7) is 1.05. The van der Waals surface area contributed by atoms with Crippen molar-refractivity contribution in [3.8, 4) is 0 Å². The monoisotopic (exact) mass is 418 g/mol. The fourth-order valence-corrected chi connectivity index (χ4v) is 5.61. The van der Waals surface area contributed by atoms with Crippen LogP contribution >= 0.6 is 34.5 Å². The number of anilines is 1. The number of piperidine rings is 1. The van der Waals surface area contributed by atoms with Crippen molar-refractivity contribution in [3.63, 3.8) is 0 Å². The van der Waals surface area contributed by atoms with Crippen LogP contribution in [0.2, 0.25) is 10.0 Å². The molecule has 134 valence electrons. The van der Waals surface area contributed by atoms with Gasteiger partial charge >= 0.3 is 0 Å². The highest BCUT2D eigenvalue weighted by molar-refractivity contribution is 7.89. The second kappa shape index (κ2) is 7.63. The van der Waals surface area contributed by atoms with Gasteiger partial charge in [-0.3, -0.25) is 4.79 Å². The fourth-order valence-electron chi connectivity index (χ4n) is 2.60. The summed E-state index contributed by atoms with van der Waals surface area (Å²) in [6, 6.07) is 6.15. The van der Waals surface area contributed by atoms with Gasteiger partial charge in [-0.2, -0.15) is 4.31 Å². The third-order valence-electron chi connectivity index (χ3n) is 3.93. The number of hydrogen-bond donors (Lipinski definition) is 1. The quantitative estimate of drug-likeness (QED) is 0.795. The van der Waals surface area contributed by atoms with E-state index in [1.165, 1.54) is 15.8 Å². The molecule has 1 N–H and O–H groups in total. The molecular formula is C16H16Cl2N2O3S2. The van der Waals surface area contributed by atoms with Gasteiger partial charge in [0.25, 0.3) is 5.91 Å². The maximum absolute atomic E-state index is 12.6. The number of carbonyl (C=O) groups excluding carboxylic acids is 1. The molecule has 0 bridgehead atoms. The molecule has 0 saturated carbocycles. The van der Waals surface area contributed by atoms with Crippen molar-refractivity contribution in [1.82, 2.24) is 4.31 Å². The first-order valence-corrected chi connectivity index (χ1v) is 10.8. The Balaban J connectivity index is 1.78. The zero-order valence-corrected chi connectivity index (χ0v) is 16.3. The molecule has 1 aromatic heterocycles. The molecule has 0 atom stereocenters. The van der Waals surface area contributed by atoms with Gasteiger partial charge < -0.3 is 5.32 Å². The number of sulfonamides is 1. The van der Waals surface area contributed by atoms with E-state index < -0.39 is 15.9 Å². The summed E-state index contributed by atoms with van der Waals surface area (Å²) < 4.78 is 26.8. The second-order valence-electron chi connectivity index (χ2n) is 5.69. The van der Waals surface area contributed by atoms with Crippen LogP contribution in [0.4, 0.5) is 5.69 Å². The minimum Gasteiger partial charge on any atom is -0.320 e. The Morgan fingerprint density at radius 3 is 2.56 bits per heavy atom. The van der Waals surface area contributed by atoms with Crippen LogP contribution in [-0.2, 0) is 10.0 Å². The van der Waals surface area contributed by atoms with E-state index in [2.05, 4.69) is 5.32 Å². The summed E-state index contributed by atoms with van der Waals surface area (Å²) in [4.78, 5) is 12.8. The Bertz CT molecular complexity index is 891. The topological polar surface area (TPSA) is 66.5 Å². The maximum Gasteiger partial charge on any atom is 0.265 e. The largest absolute Gasteiger partial charge is 0.320 e. The molecule has 0 radical (unpaired) electrons. The van der Waals surface area contributed by atoms with Crippen LogP contribution in [0.5, 0.6) is 0 Å². The number of nitrogens with zero attached hydrogens (tertiary/aromatic N) is 1. The van der Waals surface area contributed by atoms with Crippen molar-refractivity contribution in [2.24, 2.45) is 0 Å². The van der Waals surface area contributed by atoms with Gasteiger partial charge in [0.1, 0.15) is 0 Å². The van der Waals surface area contributed by atoms with E-state index in [-0.39, 0.29) is 4.90 Å². The molecule has 1 aliphatic rings. The third kappa shape index (κ3) is 4.17. The summed E-state index contributed by atoms with van der Waals surface area (Å²) in [5.41, 5.74) is 0.382. The smallest absolute Gasteiger partial charge is 0.265 e. The van der Waals surface area contributed by atoms with E-state index in [9.17, 15) is 13.2 Å². The minimum atomic E-state index is -3.55. The highest BCUT2D eigenvalue weighted by Gasteiger charge is 2.27. The van der Waals surface area contributed by atoms with Crippen molar-refractivity contribution in [2.75, 3.05) is 18.4 Å². The lowest BCUT2D eigenvalue weighted by atomic mass is 10.2. The average Bonchev–Trinajstić information content (AvgIpc) is 3.10. The molecule has 1 amide bonds. The Labute approximate surface area is 160 Å². The molecule has 1 saturated heterocycles. The normalized spacial score (nSPS) is 15.9. The average molecular weight is 419 g/mol. The van der Waals surface area contributed by atoms with E-state index in [0.29, 0.717) is 33.7 Å². The van der Waals surface area contributed by atoms with Crippen LogP contribution in [0, 0.1) is 0 Å². The lowest BCUT2D eigenvalue weighted by molar-refractivity contribution is 0.103. The molecule has 0 spiro atoms. The number of benzene rings is 1. The number of amides is 1. The molecule has 2 aromatic rings. The minimum absolute atomic E-state index is 0.154. The fraction of sp³-hybridized carbons (Fsp3) is 0.312. The predicted molar refractivity (Wildman–Crippen MR) is 101 cm³/mol. The van der Waals surface area contributed by atoms with E-state index in [1.807, 2.05) is 0 Å². The van der Waals surface area contributed by atoms with Gasteiger partial charge in [-0.25, -0.2) is 8.42 Å². The van der Waals surface area contributed by atoms with Gasteiger partial charge in [-0.1, -0.05) is 29.6 Å². The Kier molecular flexibility index (Phi) is 5.70. The van der Waals surface area contributed by atoms with Crippen LogP contribution in [-0.4, -0.2) is 31.7 Å². The Morgan fingerprint density at radius 1 is 1.12 bits per heavy atom. The van der Waals surface area contributed by atoms with Crippen LogP contribution < -0.4 is 5.32 Å². The lowest BCUT2D eigenvalue weighted by Gasteiger charge is -2.25. The first kappa shape index (κ1) is 18.7. The summed E-state index contributed by atoms with van der Waals surface area (Å²) in [6.07, 6.45) is 2.78. The molecule has 0 aliphatic carbocycles. The molecule has 0 unspecified atom stereocenters. The number of hydrogen-bond acceptors (Lipinski definition) is 4. The second-order valence-corrected chi connectivity index (χ2v) is 9.38. The van der Waals surface area contributed by atoms with Crippen molar-refractivity contribution >= 4 is 56.2 Å². The van der Waals surface area contributed by atoms with Gasteiger partial charge in [0, 0.05) is 23.5 Å². The van der Waals surface area contributed by atoms with Crippen molar-refractivity contribution in [3.05, 3.63) is 44.6 Å². The summed E-state index contributed by atoms with van der Waals surface area (Å²) in [5, 5.41) is 4.96. The number of carbonyl (C=O) groups is 1. The van der Waals surface area contributed by atoms with E-state index in [4.69, 9.17) is 23.2 Å². The SMILES string of the molecule is O=C(Nc1cc(Cl)ccc1Cl)c1cc(S(=O)(=O)N2CCCCC2)cs1. The Hall–Kier alpha value is -1.12. The van der Waals surface area contributed by atoms with Gasteiger partial charge in [0.15, 0.2) is 0 Å². The molecule has 2 heterocycles. The first-order chi connectivity index (χ1) is 11.9. The highest BCUT2D eigenvalue weighted by Crippen LogP contribution is 2.28. The lowest BCUT2D eigenvalue weighted by Crippen LogP contribution is -2.35. The van der Waals surface area contributed by atoms with Crippen LogP contribution in [0.1, 0.15) is 28.9 Å². The number of nitrogens with one attached hydrogen (secondary N) is 1. The van der Waals surface area contributed by atoms with E-state index >= 15 is 0 Å². The molecule has 5 nitrogen and oxygen atoms in total. The molecule has 1 aliphatic heterocycles. The standard InChI is InChI=1S/C16H16Cl2N2O3S2/c17-11-4-5-13(18)14(8-11)19-16(21)15-9-12(10-24-15)25(22,23)20-6-2-1-3-7-20/h4-5,8-10H,1-3,6-7H2,(H,19,21). The number of halogens is 2. The van der Waals surface area contributed by atoms with Gasteiger partial charge in [0.2, 0.25) is 10.0 Å². The maximum atomic E-state index is 12.6. The summed E-state index contributed by atoms with van der Waals surface area (Å²) in [5.74, 6) is -0.422. The molecular weight excluding hydrogens is 403 g/mol. The molecule has 9 heteroatoms. The molecule has 3 rings (SSSR count). The van der Waals surface area contributed by atoms with Crippen LogP contribution in [0.15, 0.2) is 34.5 Å². The number of rotatable bonds is 4. The predicted octanol–water partition coefficient (Wildman–Crippen LogP) is 4.48. The van der Waals surface area contributed by atoms with Gasteiger partial charge in [0.05, 0.1) is 20.5 Å². The molecule has 25 heavy (non-hydrogen) atoms. The van der Waals surface area contributed by atoms with Gasteiger partial charge in [-0.15, -0.1) is 11.3 Å². The zero-order valence-electron chi connectivity index (χ0n) is 13.2. The first-order valence-electron chi connectivity index (χ1n) is 7.73. The summed E-state index contributed by atoms with van der Waals surface area (Å²) >= 11 is 13.0.